The first-order valence-corrected chi connectivity index (χ1v) is 8.28. The molecule has 1 fully saturated rings. The maximum absolute atomic E-state index is 11.9. The molecule has 0 aromatic heterocycles. The van der Waals surface area contributed by atoms with Gasteiger partial charge in [-0.2, -0.15) is 4.31 Å². The summed E-state index contributed by atoms with van der Waals surface area (Å²) in [6.07, 6.45) is 5.16. The van der Waals surface area contributed by atoms with E-state index in [1.54, 1.807) is 6.92 Å². The minimum atomic E-state index is -3.36. The van der Waals surface area contributed by atoms with E-state index in [0.29, 0.717) is 5.92 Å². The Morgan fingerprint density at radius 2 is 1.94 bits per heavy atom. The van der Waals surface area contributed by atoms with E-state index in [2.05, 4.69) is 0 Å². The Labute approximate surface area is 109 Å². The van der Waals surface area contributed by atoms with Crippen LogP contribution in [0.5, 0.6) is 0 Å². The second kappa shape index (κ2) is 6.02. The number of nitrogens with zero attached hydrogens (tertiary/aromatic N) is 1. The van der Waals surface area contributed by atoms with E-state index < -0.39 is 21.9 Å². The molecular formula is C12H23NO4S. The molecule has 0 aliphatic heterocycles. The zero-order valence-corrected chi connectivity index (χ0v) is 12.1. The summed E-state index contributed by atoms with van der Waals surface area (Å²) in [7, 11) is -3.36. The lowest BCUT2D eigenvalue weighted by Crippen LogP contribution is -2.47. The van der Waals surface area contributed by atoms with Crippen LogP contribution in [-0.2, 0) is 14.8 Å². The third kappa shape index (κ3) is 3.95. The Balaban J connectivity index is 2.88. The Hall–Kier alpha value is -0.620. The fourth-order valence-corrected chi connectivity index (χ4v) is 3.89. The summed E-state index contributed by atoms with van der Waals surface area (Å²) in [5.74, 6) is -1.32. The normalized spacial score (nSPS) is 27.1. The molecule has 1 aliphatic carbocycles. The van der Waals surface area contributed by atoms with Crippen LogP contribution in [0.2, 0.25) is 0 Å². The number of hydrogen-bond acceptors (Lipinski definition) is 3. The molecule has 0 aromatic carbocycles. The van der Waals surface area contributed by atoms with Gasteiger partial charge in [0.05, 0.1) is 12.2 Å². The predicted molar refractivity (Wildman–Crippen MR) is 69.8 cm³/mol. The van der Waals surface area contributed by atoms with E-state index in [4.69, 9.17) is 5.11 Å². The third-order valence-corrected chi connectivity index (χ3v) is 5.01. The number of carboxylic acids is 1. The summed E-state index contributed by atoms with van der Waals surface area (Å²) in [5.41, 5.74) is 0. The lowest BCUT2D eigenvalue weighted by atomic mass is 9.85. The van der Waals surface area contributed by atoms with Gasteiger partial charge in [0.15, 0.2) is 0 Å². The molecule has 5 nitrogen and oxygen atoms in total. The molecule has 1 N–H and O–H groups in total. The topological polar surface area (TPSA) is 74.7 Å². The SMILES string of the molecule is CC(CN(C1CCCCC1C)S(C)(=O)=O)C(=O)O. The standard InChI is InChI=1S/C12H23NO4S/c1-9-6-4-5-7-11(9)13(18(3,16)17)8-10(2)12(14)15/h9-11H,4-8H2,1-3H3,(H,14,15). The van der Waals surface area contributed by atoms with Crippen LogP contribution < -0.4 is 0 Å². The second-order valence-corrected chi connectivity index (χ2v) is 7.34. The number of carboxylic acid groups (broad SMARTS) is 1. The van der Waals surface area contributed by atoms with E-state index in [0.717, 1.165) is 25.7 Å². The van der Waals surface area contributed by atoms with Gasteiger partial charge in [-0.3, -0.25) is 4.79 Å². The van der Waals surface area contributed by atoms with Crippen LogP contribution >= 0.6 is 0 Å². The maximum atomic E-state index is 11.9. The molecule has 106 valence electrons. The van der Waals surface area contributed by atoms with Crippen LogP contribution in [0.3, 0.4) is 0 Å². The van der Waals surface area contributed by atoms with Crippen molar-refractivity contribution in [3.63, 3.8) is 0 Å². The average molecular weight is 277 g/mol. The molecule has 0 heterocycles. The monoisotopic (exact) mass is 277 g/mol. The zero-order chi connectivity index (χ0) is 13.9. The van der Waals surface area contributed by atoms with E-state index in [1.807, 2.05) is 6.92 Å². The van der Waals surface area contributed by atoms with Gasteiger partial charge in [0.1, 0.15) is 0 Å². The molecule has 0 amide bonds. The lowest BCUT2D eigenvalue weighted by Gasteiger charge is -2.37. The van der Waals surface area contributed by atoms with E-state index in [9.17, 15) is 13.2 Å². The van der Waals surface area contributed by atoms with Crippen molar-refractivity contribution in [3.05, 3.63) is 0 Å². The van der Waals surface area contributed by atoms with Gasteiger partial charge in [-0.15, -0.1) is 0 Å². The van der Waals surface area contributed by atoms with Gasteiger partial charge in [-0.05, 0) is 18.8 Å². The number of sulfonamides is 1. The summed E-state index contributed by atoms with van der Waals surface area (Å²) in [5, 5.41) is 8.94. The molecule has 1 rings (SSSR count). The summed E-state index contributed by atoms with van der Waals surface area (Å²) >= 11 is 0. The van der Waals surface area contributed by atoms with Gasteiger partial charge in [0.2, 0.25) is 10.0 Å². The number of hydrogen-bond donors (Lipinski definition) is 1. The summed E-state index contributed by atoms with van der Waals surface area (Å²) in [6, 6.07) is -0.0458. The highest BCUT2D eigenvalue weighted by molar-refractivity contribution is 7.88. The van der Waals surface area contributed by atoms with Crippen molar-refractivity contribution in [1.29, 1.82) is 0 Å². The molecule has 3 unspecified atom stereocenters. The van der Waals surface area contributed by atoms with Crippen molar-refractivity contribution in [3.8, 4) is 0 Å². The second-order valence-electron chi connectivity index (χ2n) is 5.40. The van der Waals surface area contributed by atoms with Crippen LogP contribution in [0, 0.1) is 11.8 Å². The van der Waals surface area contributed by atoms with Crippen molar-refractivity contribution in [1.82, 2.24) is 4.31 Å². The number of aliphatic carboxylic acids is 1. The number of carbonyl (C=O) groups is 1. The van der Waals surface area contributed by atoms with E-state index in [1.165, 1.54) is 10.6 Å². The van der Waals surface area contributed by atoms with Crippen LogP contribution in [0.1, 0.15) is 39.5 Å². The first-order valence-electron chi connectivity index (χ1n) is 6.43. The average Bonchev–Trinajstić information content (AvgIpc) is 2.25. The van der Waals surface area contributed by atoms with Crippen LogP contribution in [0.25, 0.3) is 0 Å². The fraction of sp³-hybridized carbons (Fsp3) is 0.917. The quantitative estimate of drug-likeness (QED) is 0.827. The molecule has 3 atom stereocenters. The predicted octanol–water partition coefficient (Wildman–Crippen LogP) is 1.55. The molecule has 0 spiro atoms. The Bertz CT molecular complexity index is 393. The summed E-state index contributed by atoms with van der Waals surface area (Å²) in [6.45, 7) is 3.67. The van der Waals surface area contributed by atoms with Gasteiger partial charge in [-0.25, -0.2) is 8.42 Å². The Kier molecular flexibility index (Phi) is 5.16. The Morgan fingerprint density at radius 3 is 2.39 bits per heavy atom. The molecular weight excluding hydrogens is 254 g/mol. The largest absolute Gasteiger partial charge is 0.481 e. The summed E-state index contributed by atoms with van der Waals surface area (Å²) < 4.78 is 25.1. The molecule has 18 heavy (non-hydrogen) atoms. The van der Waals surface area contributed by atoms with E-state index in [-0.39, 0.29) is 12.6 Å². The highest BCUT2D eigenvalue weighted by Crippen LogP contribution is 2.30. The minimum absolute atomic E-state index is 0.0458. The van der Waals surface area contributed by atoms with Gasteiger partial charge in [0, 0.05) is 12.6 Å². The number of rotatable bonds is 5. The molecule has 0 bridgehead atoms. The maximum Gasteiger partial charge on any atom is 0.307 e. The van der Waals surface area contributed by atoms with E-state index >= 15 is 0 Å². The first kappa shape index (κ1) is 15.4. The molecule has 0 aromatic rings. The highest BCUT2D eigenvalue weighted by Gasteiger charge is 2.34. The van der Waals surface area contributed by atoms with Crippen molar-refractivity contribution < 1.29 is 18.3 Å². The van der Waals surface area contributed by atoms with Crippen molar-refractivity contribution in [2.45, 2.75) is 45.6 Å². The fourth-order valence-electron chi connectivity index (χ4n) is 2.59. The van der Waals surface area contributed by atoms with Crippen LogP contribution in [-0.4, -0.2) is 42.6 Å². The minimum Gasteiger partial charge on any atom is -0.481 e. The van der Waals surface area contributed by atoms with Crippen molar-refractivity contribution in [2.24, 2.45) is 11.8 Å². The van der Waals surface area contributed by atoms with Gasteiger partial charge >= 0.3 is 5.97 Å². The van der Waals surface area contributed by atoms with Crippen LogP contribution in [0.4, 0.5) is 0 Å². The highest BCUT2D eigenvalue weighted by atomic mass is 32.2. The molecule has 1 saturated carbocycles. The Morgan fingerprint density at radius 1 is 1.39 bits per heavy atom. The third-order valence-electron chi connectivity index (χ3n) is 3.74. The lowest BCUT2D eigenvalue weighted by molar-refractivity contribution is -0.141. The van der Waals surface area contributed by atoms with Crippen LogP contribution in [0.15, 0.2) is 0 Å². The van der Waals surface area contributed by atoms with Gasteiger partial charge < -0.3 is 5.11 Å². The molecule has 0 saturated heterocycles. The zero-order valence-electron chi connectivity index (χ0n) is 11.3. The molecule has 6 heteroatoms. The van der Waals surface area contributed by atoms with Gasteiger partial charge in [0.25, 0.3) is 0 Å². The summed E-state index contributed by atoms with van der Waals surface area (Å²) in [4.78, 5) is 10.9. The first-order chi connectivity index (χ1) is 8.23. The smallest absolute Gasteiger partial charge is 0.307 e. The van der Waals surface area contributed by atoms with Gasteiger partial charge in [-0.1, -0.05) is 26.7 Å². The molecule has 0 radical (unpaired) electrons. The van der Waals surface area contributed by atoms with Crippen molar-refractivity contribution >= 4 is 16.0 Å². The van der Waals surface area contributed by atoms with Crippen molar-refractivity contribution in [2.75, 3.05) is 12.8 Å². The molecule has 1 aliphatic rings.